The van der Waals surface area contributed by atoms with Gasteiger partial charge >= 0.3 is 0 Å². The molecule has 0 aliphatic carbocycles. The lowest BCUT2D eigenvalue weighted by molar-refractivity contribution is -0.133. The van der Waals surface area contributed by atoms with Crippen molar-refractivity contribution in [2.45, 2.75) is 18.9 Å². The topological polar surface area (TPSA) is 32.8 Å². The van der Waals surface area contributed by atoms with E-state index in [4.69, 9.17) is 4.74 Å². The number of amides is 1. The van der Waals surface area contributed by atoms with E-state index in [-0.39, 0.29) is 11.9 Å². The van der Waals surface area contributed by atoms with Gasteiger partial charge in [-0.05, 0) is 29.7 Å². The third-order valence-corrected chi connectivity index (χ3v) is 5.81. The van der Waals surface area contributed by atoms with Crippen molar-refractivity contribution in [2.75, 3.05) is 32.8 Å². The first-order chi connectivity index (χ1) is 15.3. The van der Waals surface area contributed by atoms with E-state index in [1.165, 1.54) is 11.1 Å². The minimum atomic E-state index is 0.221. The molecule has 1 aliphatic heterocycles. The van der Waals surface area contributed by atoms with Crippen LogP contribution < -0.4 is 4.74 Å². The number of para-hydroxylation sites is 1. The Morgan fingerprint density at radius 3 is 1.81 bits per heavy atom. The van der Waals surface area contributed by atoms with Crippen molar-refractivity contribution in [1.82, 2.24) is 9.80 Å². The lowest BCUT2D eigenvalue weighted by atomic mass is 9.96. The Kier molecular flexibility index (Phi) is 7.35. The Morgan fingerprint density at radius 2 is 1.26 bits per heavy atom. The van der Waals surface area contributed by atoms with E-state index in [9.17, 15) is 4.79 Å². The molecule has 0 saturated carbocycles. The Morgan fingerprint density at radius 1 is 0.742 bits per heavy atom. The summed E-state index contributed by atoms with van der Waals surface area (Å²) < 4.78 is 5.71. The maximum atomic E-state index is 12.7. The predicted molar refractivity (Wildman–Crippen MR) is 124 cm³/mol. The van der Waals surface area contributed by atoms with Crippen LogP contribution >= 0.6 is 0 Å². The van der Waals surface area contributed by atoms with Crippen LogP contribution in [0.5, 0.6) is 5.75 Å². The predicted octanol–water partition coefficient (Wildman–Crippen LogP) is 4.78. The highest BCUT2D eigenvalue weighted by Gasteiger charge is 2.27. The number of carbonyl (C=O) groups is 1. The molecule has 4 nitrogen and oxygen atoms in total. The quantitative estimate of drug-likeness (QED) is 0.497. The van der Waals surface area contributed by atoms with Crippen molar-refractivity contribution in [3.8, 4) is 5.75 Å². The van der Waals surface area contributed by atoms with Crippen LogP contribution in [0.2, 0.25) is 0 Å². The van der Waals surface area contributed by atoms with E-state index >= 15 is 0 Å². The summed E-state index contributed by atoms with van der Waals surface area (Å²) in [6.07, 6.45) is 1.28. The largest absolute Gasteiger partial charge is 0.494 e. The third kappa shape index (κ3) is 5.74. The smallest absolute Gasteiger partial charge is 0.222 e. The lowest BCUT2D eigenvalue weighted by Crippen LogP contribution is -2.49. The highest BCUT2D eigenvalue weighted by atomic mass is 16.5. The Bertz CT molecular complexity index is 884. The van der Waals surface area contributed by atoms with Gasteiger partial charge in [0.1, 0.15) is 5.75 Å². The maximum absolute atomic E-state index is 12.7. The van der Waals surface area contributed by atoms with E-state index in [1.54, 1.807) is 0 Å². The van der Waals surface area contributed by atoms with Crippen LogP contribution in [-0.4, -0.2) is 48.5 Å². The van der Waals surface area contributed by atoms with E-state index in [1.807, 2.05) is 35.2 Å². The summed E-state index contributed by atoms with van der Waals surface area (Å²) in [6, 6.07) is 31.3. The van der Waals surface area contributed by atoms with Gasteiger partial charge in [-0.2, -0.15) is 0 Å². The summed E-state index contributed by atoms with van der Waals surface area (Å²) >= 11 is 0. The van der Waals surface area contributed by atoms with Gasteiger partial charge in [0.15, 0.2) is 0 Å². The SMILES string of the molecule is O=C(CCCOc1ccccc1)N1CCN(C(c2ccccc2)c2ccccc2)CC1. The van der Waals surface area contributed by atoms with E-state index < -0.39 is 0 Å². The first-order valence-electron chi connectivity index (χ1n) is 11.1. The van der Waals surface area contributed by atoms with Gasteiger partial charge in [0.05, 0.1) is 12.6 Å². The fourth-order valence-corrected chi connectivity index (χ4v) is 4.20. The molecular weight excluding hydrogens is 384 g/mol. The van der Waals surface area contributed by atoms with E-state index in [0.29, 0.717) is 13.0 Å². The fraction of sp³-hybridized carbons (Fsp3) is 0.296. The summed E-state index contributed by atoms with van der Waals surface area (Å²) in [5.74, 6) is 1.09. The van der Waals surface area contributed by atoms with E-state index in [0.717, 1.165) is 38.3 Å². The Hall–Kier alpha value is -3.11. The number of nitrogens with zero attached hydrogens (tertiary/aromatic N) is 2. The van der Waals surface area contributed by atoms with Crippen LogP contribution in [0.1, 0.15) is 30.0 Å². The van der Waals surface area contributed by atoms with Crippen LogP contribution in [0.4, 0.5) is 0 Å². The molecule has 4 heteroatoms. The Labute approximate surface area is 185 Å². The van der Waals surface area contributed by atoms with Gasteiger partial charge < -0.3 is 9.64 Å². The summed E-state index contributed by atoms with van der Waals surface area (Å²) in [6.45, 7) is 3.87. The number of benzene rings is 3. The molecule has 3 aromatic rings. The zero-order chi connectivity index (χ0) is 21.3. The van der Waals surface area contributed by atoms with Crippen molar-refractivity contribution in [1.29, 1.82) is 0 Å². The second kappa shape index (κ2) is 10.8. The summed E-state index contributed by atoms with van der Waals surface area (Å²) in [7, 11) is 0. The molecule has 160 valence electrons. The summed E-state index contributed by atoms with van der Waals surface area (Å²) in [5.41, 5.74) is 2.60. The second-order valence-corrected chi connectivity index (χ2v) is 7.91. The number of piperazine rings is 1. The minimum Gasteiger partial charge on any atom is -0.494 e. The first kappa shape index (κ1) is 21.1. The monoisotopic (exact) mass is 414 g/mol. The van der Waals surface area contributed by atoms with Gasteiger partial charge in [0.25, 0.3) is 0 Å². The molecule has 1 heterocycles. The number of hydrogen-bond donors (Lipinski definition) is 0. The number of hydrogen-bond acceptors (Lipinski definition) is 3. The lowest BCUT2D eigenvalue weighted by Gasteiger charge is -2.40. The van der Waals surface area contributed by atoms with Crippen molar-refractivity contribution in [3.63, 3.8) is 0 Å². The standard InChI is InChI=1S/C27H30N2O2/c30-26(17-10-22-31-25-15-8-3-9-16-25)28-18-20-29(21-19-28)27(23-11-4-1-5-12-23)24-13-6-2-7-14-24/h1-9,11-16,27H,10,17-22H2. The zero-order valence-electron chi connectivity index (χ0n) is 17.9. The van der Waals surface area contributed by atoms with Gasteiger partial charge in [-0.1, -0.05) is 78.9 Å². The van der Waals surface area contributed by atoms with Gasteiger partial charge in [-0.25, -0.2) is 0 Å². The van der Waals surface area contributed by atoms with Crippen LogP contribution in [0.25, 0.3) is 0 Å². The second-order valence-electron chi connectivity index (χ2n) is 7.91. The number of carbonyl (C=O) groups excluding carboxylic acids is 1. The van der Waals surface area contributed by atoms with E-state index in [2.05, 4.69) is 65.6 Å². The molecule has 0 bridgehead atoms. The van der Waals surface area contributed by atoms with Gasteiger partial charge in [-0.15, -0.1) is 0 Å². The molecule has 1 saturated heterocycles. The molecule has 0 N–H and O–H groups in total. The molecule has 1 amide bonds. The minimum absolute atomic E-state index is 0.221. The van der Waals surface area contributed by atoms with Crippen LogP contribution in [0, 0.1) is 0 Å². The Balaban J connectivity index is 1.30. The summed E-state index contributed by atoms with van der Waals surface area (Å²) in [5, 5.41) is 0. The zero-order valence-corrected chi connectivity index (χ0v) is 17.9. The van der Waals surface area contributed by atoms with Crippen molar-refractivity contribution in [2.24, 2.45) is 0 Å². The van der Waals surface area contributed by atoms with Crippen molar-refractivity contribution in [3.05, 3.63) is 102 Å². The number of ether oxygens (including phenoxy) is 1. The molecule has 1 aliphatic rings. The maximum Gasteiger partial charge on any atom is 0.222 e. The molecule has 0 atom stereocenters. The molecule has 1 fully saturated rings. The fourth-order valence-electron chi connectivity index (χ4n) is 4.20. The first-order valence-corrected chi connectivity index (χ1v) is 11.1. The molecule has 0 radical (unpaired) electrons. The van der Waals surface area contributed by atoms with Crippen LogP contribution in [-0.2, 0) is 4.79 Å². The van der Waals surface area contributed by atoms with Gasteiger partial charge in [0.2, 0.25) is 5.91 Å². The van der Waals surface area contributed by atoms with Crippen molar-refractivity contribution < 1.29 is 9.53 Å². The number of rotatable bonds is 8. The molecule has 0 unspecified atom stereocenters. The molecular formula is C27H30N2O2. The highest BCUT2D eigenvalue weighted by Crippen LogP contribution is 2.29. The average molecular weight is 415 g/mol. The van der Waals surface area contributed by atoms with Crippen LogP contribution in [0.3, 0.4) is 0 Å². The molecule has 4 rings (SSSR count). The molecule has 0 aromatic heterocycles. The van der Waals surface area contributed by atoms with Gasteiger partial charge in [0, 0.05) is 32.6 Å². The molecule has 31 heavy (non-hydrogen) atoms. The average Bonchev–Trinajstić information content (AvgIpc) is 2.84. The molecule has 3 aromatic carbocycles. The summed E-state index contributed by atoms with van der Waals surface area (Å²) in [4.78, 5) is 17.2. The highest BCUT2D eigenvalue weighted by molar-refractivity contribution is 5.76. The van der Waals surface area contributed by atoms with Crippen molar-refractivity contribution >= 4 is 5.91 Å². The van der Waals surface area contributed by atoms with Gasteiger partial charge in [-0.3, -0.25) is 9.69 Å². The molecule has 0 spiro atoms. The normalized spacial score (nSPS) is 14.5. The van der Waals surface area contributed by atoms with Crippen LogP contribution in [0.15, 0.2) is 91.0 Å². The third-order valence-electron chi connectivity index (χ3n) is 5.81.